The van der Waals surface area contributed by atoms with Gasteiger partial charge >= 0.3 is 12.3 Å². The maximum Gasteiger partial charge on any atom is 0.416 e. The third kappa shape index (κ3) is 3.46. The first-order valence-electron chi connectivity index (χ1n) is 9.73. The number of carbonyl (C=O) groups excluding carboxylic acids is 2. The lowest BCUT2D eigenvalue weighted by molar-refractivity contribution is -0.137. The van der Waals surface area contributed by atoms with Crippen LogP contribution in [0.5, 0.6) is 0 Å². The number of nitrogens with zero attached hydrogens (tertiary/aromatic N) is 1. The Morgan fingerprint density at radius 3 is 2.17 bits per heavy atom. The molecule has 4 rings (SSSR count). The number of benzene rings is 2. The summed E-state index contributed by atoms with van der Waals surface area (Å²) in [5, 5.41) is 0. The minimum atomic E-state index is -4.59. The molecule has 1 aliphatic carbocycles. The number of fused-ring (bicyclic) bond motifs is 2. The second-order valence-electron chi connectivity index (χ2n) is 9.03. The molecule has 2 aliphatic rings. The fourth-order valence-corrected chi connectivity index (χ4v) is 4.32. The Bertz CT molecular complexity index is 1010. The molecule has 7 heteroatoms. The fraction of sp³-hybridized carbons (Fsp3) is 0.391. The third-order valence-corrected chi connectivity index (χ3v) is 5.59. The molecule has 0 N–H and O–H groups in total. The summed E-state index contributed by atoms with van der Waals surface area (Å²) in [6.07, 6.45) is -4.52. The quantitative estimate of drug-likeness (QED) is 0.574. The van der Waals surface area contributed by atoms with Crippen molar-refractivity contribution in [1.29, 1.82) is 0 Å². The van der Waals surface area contributed by atoms with Crippen molar-refractivity contribution < 1.29 is 27.5 Å². The first kappa shape index (κ1) is 20.4. The van der Waals surface area contributed by atoms with Crippen LogP contribution in [-0.2, 0) is 23.8 Å². The van der Waals surface area contributed by atoms with Gasteiger partial charge < -0.3 is 4.74 Å². The number of alkyl halides is 3. The molecule has 2 aromatic rings. The molecule has 1 spiro atoms. The van der Waals surface area contributed by atoms with Gasteiger partial charge in [-0.2, -0.15) is 13.2 Å². The molecular formula is C23H22F3NO3. The fourth-order valence-electron chi connectivity index (χ4n) is 4.32. The molecule has 1 amide bonds. The van der Waals surface area contributed by atoms with Crippen molar-refractivity contribution in [2.75, 3.05) is 11.4 Å². The average Bonchev–Trinajstić information content (AvgIpc) is 3.01. The van der Waals surface area contributed by atoms with E-state index in [1.807, 2.05) is 24.3 Å². The molecule has 1 aliphatic heterocycles. The van der Waals surface area contributed by atoms with Gasteiger partial charge in [-0.15, -0.1) is 0 Å². The second kappa shape index (κ2) is 6.59. The van der Waals surface area contributed by atoms with Gasteiger partial charge in [0.1, 0.15) is 5.60 Å². The molecule has 0 radical (unpaired) electrons. The molecule has 0 unspecified atom stereocenters. The molecule has 0 bridgehead atoms. The van der Waals surface area contributed by atoms with Gasteiger partial charge in [0.25, 0.3) is 0 Å². The highest BCUT2D eigenvalue weighted by Crippen LogP contribution is 2.47. The monoisotopic (exact) mass is 417 g/mol. The van der Waals surface area contributed by atoms with Crippen LogP contribution in [0.1, 0.15) is 47.8 Å². The first-order valence-corrected chi connectivity index (χ1v) is 9.73. The molecule has 0 aromatic heterocycles. The summed E-state index contributed by atoms with van der Waals surface area (Å²) in [5.41, 5.74) is -0.672. The van der Waals surface area contributed by atoms with Gasteiger partial charge in [0.05, 0.1) is 16.7 Å². The number of hydrogen-bond donors (Lipinski definition) is 0. The maximum atomic E-state index is 13.5. The Labute approximate surface area is 172 Å². The van der Waals surface area contributed by atoms with Crippen molar-refractivity contribution in [1.82, 2.24) is 0 Å². The van der Waals surface area contributed by atoms with Crippen LogP contribution < -0.4 is 4.90 Å². The second-order valence-corrected chi connectivity index (χ2v) is 9.03. The van der Waals surface area contributed by atoms with E-state index in [0.717, 1.165) is 23.3 Å². The molecule has 0 saturated heterocycles. The van der Waals surface area contributed by atoms with Crippen molar-refractivity contribution >= 4 is 17.6 Å². The topological polar surface area (TPSA) is 46.6 Å². The van der Waals surface area contributed by atoms with E-state index in [0.29, 0.717) is 12.8 Å². The minimum Gasteiger partial charge on any atom is -0.443 e. The summed E-state index contributed by atoms with van der Waals surface area (Å²) < 4.78 is 45.5. The van der Waals surface area contributed by atoms with E-state index in [-0.39, 0.29) is 23.6 Å². The molecular weight excluding hydrogens is 395 g/mol. The summed E-state index contributed by atoms with van der Waals surface area (Å²) in [7, 11) is 0. The first-order chi connectivity index (χ1) is 13.9. The zero-order chi connectivity index (χ0) is 21.9. The lowest BCUT2D eigenvalue weighted by atomic mass is 9.74. The lowest BCUT2D eigenvalue weighted by Gasteiger charge is -2.40. The molecule has 0 atom stereocenters. The number of amides is 1. The Balaban J connectivity index is 1.82. The smallest absolute Gasteiger partial charge is 0.416 e. The summed E-state index contributed by atoms with van der Waals surface area (Å²) in [4.78, 5) is 27.8. The van der Waals surface area contributed by atoms with E-state index in [4.69, 9.17) is 4.74 Å². The van der Waals surface area contributed by atoms with Crippen LogP contribution in [0.2, 0.25) is 0 Å². The molecule has 2 aromatic carbocycles. The van der Waals surface area contributed by atoms with Crippen LogP contribution in [0, 0.1) is 5.41 Å². The lowest BCUT2D eigenvalue weighted by Crippen LogP contribution is -2.52. The van der Waals surface area contributed by atoms with E-state index in [9.17, 15) is 22.8 Å². The number of hydrogen-bond acceptors (Lipinski definition) is 3. The van der Waals surface area contributed by atoms with E-state index in [2.05, 4.69) is 0 Å². The Hall–Kier alpha value is -2.83. The summed E-state index contributed by atoms with van der Waals surface area (Å²) in [6.45, 7) is 5.21. The highest BCUT2D eigenvalue weighted by atomic mass is 19.4. The normalized spacial score (nSPS) is 17.7. The van der Waals surface area contributed by atoms with Crippen molar-refractivity contribution in [2.45, 2.75) is 45.4 Å². The standard InChI is InChI=1S/C23H22F3NO3/c1-21(2,3)30-20(29)27-13-22(11-14-6-4-5-7-15(14)12-22)19(28)17-10-16(23(24,25)26)8-9-18(17)27/h4-10H,11-13H2,1-3H3. The SMILES string of the molecule is CC(C)(C)OC(=O)N1CC2(Cc3ccccc3C2)C(=O)c2cc(C(F)(F)F)ccc21. The van der Waals surface area contributed by atoms with Crippen molar-refractivity contribution in [3.05, 3.63) is 64.7 Å². The number of ether oxygens (including phenoxy) is 1. The van der Waals surface area contributed by atoms with E-state index in [1.165, 1.54) is 11.0 Å². The Kier molecular flexibility index (Phi) is 4.49. The third-order valence-electron chi connectivity index (χ3n) is 5.59. The van der Waals surface area contributed by atoms with Crippen LogP contribution in [0.3, 0.4) is 0 Å². The summed E-state index contributed by atoms with van der Waals surface area (Å²) in [5.74, 6) is -0.361. The number of rotatable bonds is 0. The van der Waals surface area contributed by atoms with Gasteiger partial charge in [0, 0.05) is 12.1 Å². The van der Waals surface area contributed by atoms with Gasteiger partial charge in [-0.05, 0) is 62.9 Å². The molecule has 0 fully saturated rings. The zero-order valence-electron chi connectivity index (χ0n) is 17.0. The Morgan fingerprint density at radius 1 is 1.03 bits per heavy atom. The summed E-state index contributed by atoms with van der Waals surface area (Å²) >= 11 is 0. The highest BCUT2D eigenvalue weighted by Gasteiger charge is 2.51. The predicted octanol–water partition coefficient (Wildman–Crippen LogP) is 5.43. The van der Waals surface area contributed by atoms with Crippen LogP contribution >= 0.6 is 0 Å². The maximum absolute atomic E-state index is 13.5. The van der Waals surface area contributed by atoms with Crippen molar-refractivity contribution in [3.8, 4) is 0 Å². The van der Waals surface area contributed by atoms with E-state index >= 15 is 0 Å². The minimum absolute atomic E-state index is 0.0633. The Morgan fingerprint density at radius 2 is 1.63 bits per heavy atom. The average molecular weight is 417 g/mol. The van der Waals surface area contributed by atoms with Gasteiger partial charge in [-0.1, -0.05) is 24.3 Å². The largest absolute Gasteiger partial charge is 0.443 e. The van der Waals surface area contributed by atoms with Crippen LogP contribution in [-0.4, -0.2) is 24.0 Å². The van der Waals surface area contributed by atoms with Gasteiger partial charge in [-0.3, -0.25) is 9.69 Å². The van der Waals surface area contributed by atoms with Crippen LogP contribution in [0.25, 0.3) is 0 Å². The van der Waals surface area contributed by atoms with E-state index in [1.54, 1.807) is 20.8 Å². The molecule has 158 valence electrons. The van der Waals surface area contributed by atoms with Gasteiger partial charge in [0.15, 0.2) is 5.78 Å². The van der Waals surface area contributed by atoms with Gasteiger partial charge in [0.2, 0.25) is 0 Å². The zero-order valence-corrected chi connectivity index (χ0v) is 17.0. The van der Waals surface area contributed by atoms with Crippen molar-refractivity contribution in [3.63, 3.8) is 0 Å². The van der Waals surface area contributed by atoms with Crippen molar-refractivity contribution in [2.24, 2.45) is 5.41 Å². The highest BCUT2D eigenvalue weighted by molar-refractivity contribution is 6.11. The molecule has 0 saturated carbocycles. The molecule has 30 heavy (non-hydrogen) atoms. The van der Waals surface area contributed by atoms with Gasteiger partial charge in [-0.25, -0.2) is 4.79 Å². The number of anilines is 1. The number of ketones is 1. The molecule has 1 heterocycles. The predicted molar refractivity (Wildman–Crippen MR) is 106 cm³/mol. The molecule has 4 nitrogen and oxygen atoms in total. The number of Topliss-reactive ketones (excluding diaryl/α,β-unsaturated/α-hetero) is 1. The summed E-state index contributed by atoms with van der Waals surface area (Å²) in [6, 6.07) is 10.5. The number of halogens is 3. The number of carbonyl (C=O) groups is 2. The van der Waals surface area contributed by atoms with E-state index < -0.39 is 28.8 Å². The van der Waals surface area contributed by atoms with Crippen LogP contribution in [0.15, 0.2) is 42.5 Å². The van der Waals surface area contributed by atoms with Crippen LogP contribution in [0.4, 0.5) is 23.7 Å².